The highest BCUT2D eigenvalue weighted by molar-refractivity contribution is 5.83. The lowest BCUT2D eigenvalue weighted by atomic mass is 10.1. The monoisotopic (exact) mass is 342 g/mol. The maximum Gasteiger partial charge on any atom is 0.226 e. The number of rotatable bonds is 9. The number of para-hydroxylation sites is 1. The fourth-order valence-corrected chi connectivity index (χ4v) is 2.53. The molecule has 0 fully saturated rings. The molecule has 3 rings (SSSR count). The highest BCUT2D eigenvalue weighted by Gasteiger charge is 2.10. The van der Waals surface area contributed by atoms with E-state index in [4.69, 9.17) is 9.47 Å². The zero-order chi connectivity index (χ0) is 17.5. The number of imidazole rings is 1. The highest BCUT2D eigenvalue weighted by atomic mass is 16.5. The molecule has 0 unspecified atom stereocenters. The molecule has 0 amide bonds. The number of aromatic nitrogens is 4. The van der Waals surface area contributed by atoms with Gasteiger partial charge in [0.1, 0.15) is 11.3 Å². The number of hydrogen-bond donors (Lipinski definition) is 3. The van der Waals surface area contributed by atoms with Gasteiger partial charge >= 0.3 is 0 Å². The van der Waals surface area contributed by atoms with Gasteiger partial charge in [-0.3, -0.25) is 0 Å². The number of nitrogens with zero attached hydrogens (tertiary/aromatic N) is 3. The summed E-state index contributed by atoms with van der Waals surface area (Å²) in [6.45, 7) is 1.94. The van der Waals surface area contributed by atoms with Crippen LogP contribution in [-0.2, 0) is 11.2 Å². The van der Waals surface area contributed by atoms with E-state index in [1.54, 1.807) is 20.5 Å². The van der Waals surface area contributed by atoms with Gasteiger partial charge in [0, 0.05) is 20.2 Å². The molecule has 2 aromatic heterocycles. The number of anilines is 2. The number of fused-ring (bicyclic) bond motifs is 1. The summed E-state index contributed by atoms with van der Waals surface area (Å²) in [5, 5.41) is 6.49. The summed E-state index contributed by atoms with van der Waals surface area (Å²) in [6.07, 6.45) is 2.41. The van der Waals surface area contributed by atoms with E-state index >= 15 is 0 Å². The lowest BCUT2D eigenvalue weighted by molar-refractivity contribution is 0.210. The van der Waals surface area contributed by atoms with E-state index in [-0.39, 0.29) is 0 Å². The van der Waals surface area contributed by atoms with Gasteiger partial charge in [0.25, 0.3) is 0 Å². The summed E-state index contributed by atoms with van der Waals surface area (Å²) >= 11 is 0. The number of hydrogen-bond acceptors (Lipinski definition) is 7. The van der Waals surface area contributed by atoms with Gasteiger partial charge < -0.3 is 25.1 Å². The Labute approximate surface area is 146 Å². The van der Waals surface area contributed by atoms with Crippen LogP contribution in [0.2, 0.25) is 0 Å². The molecule has 0 aliphatic heterocycles. The Morgan fingerprint density at radius 2 is 1.96 bits per heavy atom. The summed E-state index contributed by atoms with van der Waals surface area (Å²) in [5.74, 6) is 2.13. The van der Waals surface area contributed by atoms with Gasteiger partial charge in [-0.2, -0.15) is 9.97 Å². The molecule has 3 aromatic rings. The number of benzene rings is 1. The third kappa shape index (κ3) is 4.16. The van der Waals surface area contributed by atoms with Gasteiger partial charge in [-0.1, -0.05) is 18.2 Å². The van der Waals surface area contributed by atoms with E-state index in [9.17, 15) is 0 Å². The normalized spacial score (nSPS) is 10.8. The lowest BCUT2D eigenvalue weighted by Crippen LogP contribution is -2.13. The first-order valence-corrected chi connectivity index (χ1v) is 8.11. The number of H-pyrrole nitrogens is 1. The second-order valence-electron chi connectivity index (χ2n) is 5.41. The lowest BCUT2D eigenvalue weighted by Gasteiger charge is -2.10. The van der Waals surface area contributed by atoms with Crippen LogP contribution in [0.1, 0.15) is 5.56 Å². The Morgan fingerprint density at radius 1 is 1.08 bits per heavy atom. The van der Waals surface area contributed by atoms with Crippen molar-refractivity contribution in [2.75, 3.05) is 44.5 Å². The molecule has 0 atom stereocenters. The molecule has 0 aliphatic rings. The minimum atomic E-state index is 0.536. The maximum atomic E-state index is 5.37. The maximum absolute atomic E-state index is 5.37. The van der Waals surface area contributed by atoms with Gasteiger partial charge in [0.05, 0.1) is 20.0 Å². The van der Waals surface area contributed by atoms with E-state index in [1.165, 1.54) is 0 Å². The van der Waals surface area contributed by atoms with Crippen LogP contribution in [0.25, 0.3) is 11.2 Å². The molecule has 0 spiro atoms. The van der Waals surface area contributed by atoms with Gasteiger partial charge in [-0.05, 0) is 18.1 Å². The smallest absolute Gasteiger partial charge is 0.226 e. The average molecular weight is 342 g/mol. The summed E-state index contributed by atoms with van der Waals surface area (Å²) in [7, 11) is 3.34. The second kappa shape index (κ2) is 8.29. The van der Waals surface area contributed by atoms with E-state index in [0.29, 0.717) is 37.1 Å². The SMILES string of the molecule is COCCNc1nc(NCCc2ccccc2OC)nc2nc[nH]c12. The fourth-order valence-electron chi connectivity index (χ4n) is 2.53. The molecular weight excluding hydrogens is 320 g/mol. The Morgan fingerprint density at radius 3 is 2.80 bits per heavy atom. The predicted molar refractivity (Wildman–Crippen MR) is 97.2 cm³/mol. The topological polar surface area (TPSA) is 97.0 Å². The molecule has 2 heterocycles. The number of methoxy groups -OCH3 is 2. The first kappa shape index (κ1) is 17.0. The van der Waals surface area contributed by atoms with Crippen LogP contribution in [0.5, 0.6) is 5.75 Å². The summed E-state index contributed by atoms with van der Waals surface area (Å²) in [4.78, 5) is 16.2. The predicted octanol–water partition coefficient (Wildman–Crippen LogP) is 2.07. The molecule has 25 heavy (non-hydrogen) atoms. The van der Waals surface area contributed by atoms with E-state index in [2.05, 4.69) is 36.6 Å². The van der Waals surface area contributed by atoms with Gasteiger partial charge in [-0.25, -0.2) is 4.98 Å². The Kier molecular flexibility index (Phi) is 5.63. The van der Waals surface area contributed by atoms with Crippen molar-refractivity contribution in [2.24, 2.45) is 0 Å². The number of ether oxygens (including phenoxy) is 2. The molecule has 3 N–H and O–H groups in total. The van der Waals surface area contributed by atoms with Crippen molar-refractivity contribution < 1.29 is 9.47 Å². The Hall–Kier alpha value is -2.87. The van der Waals surface area contributed by atoms with E-state index in [1.807, 2.05) is 18.2 Å². The van der Waals surface area contributed by atoms with Crippen LogP contribution >= 0.6 is 0 Å². The van der Waals surface area contributed by atoms with Crippen LogP contribution in [-0.4, -0.2) is 53.9 Å². The van der Waals surface area contributed by atoms with Crippen molar-refractivity contribution in [3.05, 3.63) is 36.2 Å². The minimum Gasteiger partial charge on any atom is -0.496 e. The molecule has 0 saturated heterocycles. The Bertz CT molecular complexity index is 820. The molecule has 0 saturated carbocycles. The van der Waals surface area contributed by atoms with Crippen LogP contribution < -0.4 is 15.4 Å². The van der Waals surface area contributed by atoms with Crippen molar-refractivity contribution in [3.63, 3.8) is 0 Å². The van der Waals surface area contributed by atoms with Gasteiger partial charge in [0.15, 0.2) is 11.5 Å². The first-order valence-electron chi connectivity index (χ1n) is 8.11. The zero-order valence-corrected chi connectivity index (χ0v) is 14.4. The Balaban J connectivity index is 1.68. The van der Waals surface area contributed by atoms with Crippen molar-refractivity contribution >= 4 is 22.9 Å². The molecule has 0 aliphatic carbocycles. The molecule has 1 aromatic carbocycles. The summed E-state index contributed by atoms with van der Waals surface area (Å²) < 4.78 is 10.4. The number of nitrogens with one attached hydrogen (secondary N) is 3. The summed E-state index contributed by atoms with van der Waals surface area (Å²) in [5.41, 5.74) is 2.54. The van der Waals surface area contributed by atoms with Crippen molar-refractivity contribution in [3.8, 4) is 5.75 Å². The van der Waals surface area contributed by atoms with Crippen LogP contribution in [0.15, 0.2) is 30.6 Å². The van der Waals surface area contributed by atoms with Crippen LogP contribution in [0.4, 0.5) is 11.8 Å². The van der Waals surface area contributed by atoms with Gasteiger partial charge in [0.2, 0.25) is 5.95 Å². The van der Waals surface area contributed by atoms with Crippen molar-refractivity contribution in [1.82, 2.24) is 19.9 Å². The van der Waals surface area contributed by atoms with Crippen LogP contribution in [0, 0.1) is 0 Å². The number of aromatic amines is 1. The van der Waals surface area contributed by atoms with Crippen molar-refractivity contribution in [1.29, 1.82) is 0 Å². The van der Waals surface area contributed by atoms with E-state index < -0.39 is 0 Å². The average Bonchev–Trinajstić information content (AvgIpc) is 3.11. The standard InChI is InChI=1S/C17H22N6O2/c1-24-10-9-18-15-14-16(21-11-20-14)23-17(22-15)19-8-7-12-5-3-4-6-13(12)25-2/h3-6,11H,7-10H2,1-2H3,(H3,18,19,20,21,22,23). The molecule has 8 heteroatoms. The molecule has 0 radical (unpaired) electrons. The highest BCUT2D eigenvalue weighted by Crippen LogP contribution is 2.20. The van der Waals surface area contributed by atoms with E-state index in [0.717, 1.165) is 23.3 Å². The van der Waals surface area contributed by atoms with Crippen molar-refractivity contribution in [2.45, 2.75) is 6.42 Å². The quantitative estimate of drug-likeness (QED) is 0.512. The second-order valence-corrected chi connectivity index (χ2v) is 5.41. The third-order valence-electron chi connectivity index (χ3n) is 3.75. The van der Waals surface area contributed by atoms with Crippen LogP contribution in [0.3, 0.4) is 0 Å². The minimum absolute atomic E-state index is 0.536. The molecular formula is C17H22N6O2. The largest absolute Gasteiger partial charge is 0.496 e. The van der Waals surface area contributed by atoms with Gasteiger partial charge in [-0.15, -0.1) is 0 Å². The molecule has 132 valence electrons. The summed E-state index contributed by atoms with van der Waals surface area (Å²) in [6, 6.07) is 7.97. The fraction of sp³-hybridized carbons (Fsp3) is 0.353. The molecule has 0 bridgehead atoms. The first-order chi connectivity index (χ1) is 12.3. The molecule has 8 nitrogen and oxygen atoms in total. The third-order valence-corrected chi connectivity index (χ3v) is 3.75. The zero-order valence-electron chi connectivity index (χ0n) is 14.4.